The highest BCUT2D eigenvalue weighted by Gasteiger charge is 2.24. The van der Waals surface area contributed by atoms with Gasteiger partial charge in [-0.3, -0.25) is 9.36 Å². The molecule has 35 heavy (non-hydrogen) atoms. The van der Waals surface area contributed by atoms with Crippen LogP contribution in [0.5, 0.6) is 0 Å². The number of oxazole rings is 1. The molecule has 0 spiro atoms. The van der Waals surface area contributed by atoms with Crippen molar-refractivity contribution >= 4 is 17.0 Å². The molecule has 1 saturated heterocycles. The molecule has 184 valence electrons. The summed E-state index contributed by atoms with van der Waals surface area (Å²) in [5, 5.41) is 15.8. The van der Waals surface area contributed by atoms with E-state index in [-0.39, 0.29) is 11.7 Å². The van der Waals surface area contributed by atoms with Crippen LogP contribution >= 0.6 is 0 Å². The molecule has 9 heteroatoms. The van der Waals surface area contributed by atoms with Gasteiger partial charge in [0.15, 0.2) is 5.58 Å². The minimum absolute atomic E-state index is 0.284. The summed E-state index contributed by atoms with van der Waals surface area (Å²) >= 11 is 0. The summed E-state index contributed by atoms with van der Waals surface area (Å²) in [5.74, 6) is -0.664. The normalized spacial score (nSPS) is 17.1. The van der Waals surface area contributed by atoms with Crippen molar-refractivity contribution in [3.05, 3.63) is 58.6 Å². The molecule has 3 aromatic rings. The number of nitrogens with zero attached hydrogens (tertiary/aromatic N) is 3. The van der Waals surface area contributed by atoms with E-state index >= 15 is 0 Å². The monoisotopic (exact) mass is 477 g/mol. The summed E-state index contributed by atoms with van der Waals surface area (Å²) in [7, 11) is 3.91. The fourth-order valence-corrected chi connectivity index (χ4v) is 4.22. The molecular weight excluding hydrogens is 446 g/mol. The average molecular weight is 478 g/mol. The lowest BCUT2D eigenvalue weighted by Gasteiger charge is -2.19. The van der Waals surface area contributed by atoms with Gasteiger partial charge in [0.2, 0.25) is 0 Å². The number of carbonyl (C=O) groups excluding carboxylic acids is 1. The molecule has 0 bridgehead atoms. The second kappa shape index (κ2) is 11.3. The summed E-state index contributed by atoms with van der Waals surface area (Å²) in [6, 6.07) is 14.9. The van der Waals surface area contributed by atoms with Gasteiger partial charge in [0.1, 0.15) is 12.1 Å². The summed E-state index contributed by atoms with van der Waals surface area (Å²) in [6.07, 6.45) is 0.587. The first kappa shape index (κ1) is 24.7. The SMILES string of the molecule is CN(C)CCn1c(=O)oc2ccc(-c3ccccc3C[C@@H](C#N)NC(=O)[C@@H]3CNCCCO3)cc21. The quantitative estimate of drug-likeness (QED) is 0.508. The first-order chi connectivity index (χ1) is 17.0. The number of likely N-dealkylation sites (N-methyl/N-ethyl adjacent to an activating group) is 1. The number of hydrogen-bond acceptors (Lipinski definition) is 7. The van der Waals surface area contributed by atoms with Gasteiger partial charge in [0, 0.05) is 32.7 Å². The maximum atomic E-state index is 12.7. The fraction of sp³-hybridized carbons (Fsp3) is 0.423. The summed E-state index contributed by atoms with van der Waals surface area (Å²) in [6.45, 7) is 2.98. The zero-order chi connectivity index (χ0) is 24.8. The van der Waals surface area contributed by atoms with Gasteiger partial charge in [0.05, 0.1) is 11.6 Å². The third kappa shape index (κ3) is 5.98. The third-order valence-electron chi connectivity index (χ3n) is 6.10. The largest absolute Gasteiger partial charge is 0.419 e. The molecule has 2 atom stereocenters. The number of aromatic nitrogens is 1. The van der Waals surface area contributed by atoms with Gasteiger partial charge in [-0.25, -0.2) is 4.79 Å². The van der Waals surface area contributed by atoms with E-state index in [1.165, 1.54) is 0 Å². The first-order valence-corrected chi connectivity index (χ1v) is 11.8. The van der Waals surface area contributed by atoms with Crippen LogP contribution in [0.4, 0.5) is 0 Å². The summed E-state index contributed by atoms with van der Waals surface area (Å²) in [5.41, 5.74) is 4.03. The van der Waals surface area contributed by atoms with E-state index in [4.69, 9.17) is 9.15 Å². The summed E-state index contributed by atoms with van der Waals surface area (Å²) in [4.78, 5) is 27.1. The molecule has 9 nitrogen and oxygen atoms in total. The van der Waals surface area contributed by atoms with Crippen molar-refractivity contribution in [2.75, 3.05) is 40.3 Å². The third-order valence-corrected chi connectivity index (χ3v) is 6.10. The zero-order valence-corrected chi connectivity index (χ0v) is 20.1. The first-order valence-electron chi connectivity index (χ1n) is 11.8. The van der Waals surface area contributed by atoms with Crippen LogP contribution in [0.25, 0.3) is 22.2 Å². The molecule has 0 unspecified atom stereocenters. The fourth-order valence-electron chi connectivity index (χ4n) is 4.22. The number of amides is 1. The predicted molar refractivity (Wildman–Crippen MR) is 133 cm³/mol. The maximum Gasteiger partial charge on any atom is 0.419 e. The van der Waals surface area contributed by atoms with Crippen molar-refractivity contribution in [1.82, 2.24) is 20.1 Å². The van der Waals surface area contributed by atoms with Gasteiger partial charge in [0.25, 0.3) is 5.91 Å². The Morgan fingerprint density at radius 1 is 1.31 bits per heavy atom. The van der Waals surface area contributed by atoms with Crippen LogP contribution in [0.15, 0.2) is 51.7 Å². The van der Waals surface area contributed by atoms with Crippen molar-refractivity contribution in [2.24, 2.45) is 0 Å². The van der Waals surface area contributed by atoms with E-state index in [0.717, 1.165) is 35.2 Å². The minimum Gasteiger partial charge on any atom is -0.408 e. The van der Waals surface area contributed by atoms with Gasteiger partial charge in [-0.05, 0) is 55.9 Å². The highest BCUT2D eigenvalue weighted by atomic mass is 16.5. The Bertz CT molecular complexity index is 1260. The minimum atomic E-state index is -0.702. The zero-order valence-electron chi connectivity index (χ0n) is 20.1. The molecule has 0 aliphatic carbocycles. The summed E-state index contributed by atoms with van der Waals surface area (Å²) < 4.78 is 12.7. The molecule has 1 aliphatic heterocycles. The Balaban J connectivity index is 1.57. The standard InChI is InChI=1S/C26H31N5O4/c1-30(2)11-12-31-22-15-19(8-9-23(22)35-26(31)33)21-7-4-3-6-18(21)14-20(16-27)29-25(32)24-17-28-10-5-13-34-24/h3-4,6-9,15,20,24,28H,5,10-14,17H2,1-2H3,(H,29,32)/t20-,24-/m0/s1. The van der Waals surface area contributed by atoms with Crippen LogP contribution in [-0.4, -0.2) is 67.9 Å². The van der Waals surface area contributed by atoms with Crippen molar-refractivity contribution in [2.45, 2.75) is 31.5 Å². The van der Waals surface area contributed by atoms with Gasteiger partial charge in [-0.2, -0.15) is 5.26 Å². The van der Waals surface area contributed by atoms with E-state index in [0.29, 0.717) is 38.2 Å². The molecule has 2 aromatic carbocycles. The van der Waals surface area contributed by atoms with E-state index < -0.39 is 12.1 Å². The number of rotatable bonds is 8. The number of nitrogens with one attached hydrogen (secondary N) is 2. The Labute approximate surface area is 204 Å². The molecule has 2 heterocycles. The van der Waals surface area contributed by atoms with Crippen molar-refractivity contribution in [1.29, 1.82) is 5.26 Å². The Hall–Kier alpha value is -3.45. The Kier molecular flexibility index (Phi) is 7.98. The van der Waals surface area contributed by atoms with E-state index in [2.05, 4.69) is 16.7 Å². The van der Waals surface area contributed by atoms with Gasteiger partial charge in [-0.1, -0.05) is 30.3 Å². The van der Waals surface area contributed by atoms with Crippen LogP contribution in [0, 0.1) is 11.3 Å². The number of nitriles is 1. The molecule has 1 fully saturated rings. The van der Waals surface area contributed by atoms with Crippen molar-refractivity contribution in [3.8, 4) is 17.2 Å². The van der Waals surface area contributed by atoms with Crippen LogP contribution in [0.3, 0.4) is 0 Å². The lowest BCUT2D eigenvalue weighted by molar-refractivity contribution is -0.132. The topological polar surface area (TPSA) is 113 Å². The molecule has 0 saturated carbocycles. The van der Waals surface area contributed by atoms with Crippen LogP contribution in [0.1, 0.15) is 12.0 Å². The number of benzene rings is 2. The smallest absolute Gasteiger partial charge is 0.408 e. The molecule has 1 amide bonds. The van der Waals surface area contributed by atoms with Crippen LogP contribution in [0.2, 0.25) is 0 Å². The second-order valence-electron chi connectivity index (χ2n) is 8.97. The predicted octanol–water partition coefficient (Wildman–Crippen LogP) is 1.75. The highest BCUT2D eigenvalue weighted by molar-refractivity contribution is 5.83. The second-order valence-corrected chi connectivity index (χ2v) is 8.97. The molecule has 1 aromatic heterocycles. The van der Waals surface area contributed by atoms with E-state index in [1.54, 1.807) is 10.6 Å². The highest BCUT2D eigenvalue weighted by Crippen LogP contribution is 2.28. The number of hydrogen-bond donors (Lipinski definition) is 2. The number of ether oxygens (including phenoxy) is 1. The Morgan fingerprint density at radius 2 is 2.14 bits per heavy atom. The van der Waals surface area contributed by atoms with Gasteiger partial charge in [-0.15, -0.1) is 0 Å². The van der Waals surface area contributed by atoms with E-state index in [9.17, 15) is 14.9 Å². The van der Waals surface area contributed by atoms with Crippen molar-refractivity contribution in [3.63, 3.8) is 0 Å². The van der Waals surface area contributed by atoms with Gasteiger partial charge >= 0.3 is 5.76 Å². The molecule has 2 N–H and O–H groups in total. The average Bonchev–Trinajstić information content (AvgIpc) is 3.00. The lowest BCUT2D eigenvalue weighted by atomic mass is 9.95. The molecular formula is C26H31N5O4. The molecule has 0 radical (unpaired) electrons. The molecule has 1 aliphatic rings. The van der Waals surface area contributed by atoms with Crippen molar-refractivity contribution < 1.29 is 13.9 Å². The van der Waals surface area contributed by atoms with Gasteiger partial charge < -0.3 is 24.7 Å². The van der Waals surface area contributed by atoms with E-state index in [1.807, 2.05) is 55.4 Å². The number of carbonyl (C=O) groups is 1. The van der Waals surface area contributed by atoms with Crippen LogP contribution < -0.4 is 16.4 Å². The lowest BCUT2D eigenvalue weighted by Crippen LogP contribution is -2.46. The number of fused-ring (bicyclic) bond motifs is 1. The molecule has 4 rings (SSSR count). The van der Waals surface area contributed by atoms with Crippen LogP contribution in [-0.2, 0) is 22.5 Å². The Morgan fingerprint density at radius 3 is 2.94 bits per heavy atom. The maximum absolute atomic E-state index is 12.7.